The van der Waals surface area contributed by atoms with E-state index in [0.717, 1.165) is 29.7 Å². The molecular formula is C14H15N3O2. The highest BCUT2D eigenvalue weighted by Crippen LogP contribution is 2.22. The number of hydrogen-bond acceptors (Lipinski definition) is 4. The molecule has 1 aromatic carbocycles. The predicted octanol–water partition coefficient (Wildman–Crippen LogP) is 2.86. The number of rotatable bonds is 5. The number of nitrogens with zero attached hydrogens (tertiary/aromatic N) is 3. The van der Waals surface area contributed by atoms with Crippen LogP contribution in [0.3, 0.4) is 0 Å². The van der Waals surface area contributed by atoms with Gasteiger partial charge in [-0.3, -0.25) is 0 Å². The van der Waals surface area contributed by atoms with Crippen LogP contribution in [0.4, 0.5) is 0 Å². The molecule has 19 heavy (non-hydrogen) atoms. The van der Waals surface area contributed by atoms with E-state index < -0.39 is 0 Å². The van der Waals surface area contributed by atoms with Gasteiger partial charge in [0.25, 0.3) is 0 Å². The summed E-state index contributed by atoms with van der Waals surface area (Å²) in [5, 5.41) is 4.97. The Kier molecular flexibility index (Phi) is 3.18. The summed E-state index contributed by atoms with van der Waals surface area (Å²) in [7, 11) is 0. The lowest BCUT2D eigenvalue weighted by Crippen LogP contribution is -1.99. The molecule has 0 spiro atoms. The monoisotopic (exact) mass is 257 g/mol. The lowest BCUT2D eigenvalue weighted by molar-refractivity contribution is 0.318. The molecule has 3 aromatic rings. The molecule has 0 aliphatic carbocycles. The van der Waals surface area contributed by atoms with Crippen LogP contribution in [-0.4, -0.2) is 21.3 Å². The topological polar surface area (TPSA) is 53.1 Å². The van der Waals surface area contributed by atoms with Crippen LogP contribution in [0.15, 0.2) is 41.4 Å². The SMILES string of the molecule is CCCOc1ccc2c(ccn2Cc2ncon2)c1. The lowest BCUT2D eigenvalue weighted by Gasteiger charge is -2.05. The van der Waals surface area contributed by atoms with Crippen molar-refractivity contribution in [3.8, 4) is 5.75 Å². The van der Waals surface area contributed by atoms with Gasteiger partial charge in [-0.15, -0.1) is 0 Å². The summed E-state index contributed by atoms with van der Waals surface area (Å²) in [5.41, 5.74) is 1.13. The molecule has 0 saturated carbocycles. The van der Waals surface area contributed by atoms with Crippen molar-refractivity contribution in [3.05, 3.63) is 42.7 Å². The zero-order valence-electron chi connectivity index (χ0n) is 10.7. The van der Waals surface area contributed by atoms with Crippen LogP contribution in [0.1, 0.15) is 19.2 Å². The maximum absolute atomic E-state index is 5.63. The van der Waals surface area contributed by atoms with Gasteiger partial charge in [0.2, 0.25) is 6.39 Å². The first-order chi connectivity index (χ1) is 9.36. The van der Waals surface area contributed by atoms with Crippen molar-refractivity contribution < 1.29 is 9.26 Å². The van der Waals surface area contributed by atoms with Gasteiger partial charge in [-0.05, 0) is 30.7 Å². The molecule has 0 fully saturated rings. The minimum Gasteiger partial charge on any atom is -0.494 e. The normalized spacial score (nSPS) is 11.0. The van der Waals surface area contributed by atoms with Crippen molar-refractivity contribution in [2.75, 3.05) is 6.61 Å². The summed E-state index contributed by atoms with van der Waals surface area (Å²) in [6.45, 7) is 3.45. The Labute approximate surface area is 110 Å². The molecule has 0 aliphatic rings. The molecule has 98 valence electrons. The third-order valence-electron chi connectivity index (χ3n) is 2.93. The molecule has 5 heteroatoms. The average Bonchev–Trinajstić information content (AvgIpc) is 3.07. The van der Waals surface area contributed by atoms with Gasteiger partial charge < -0.3 is 13.8 Å². The van der Waals surface area contributed by atoms with Gasteiger partial charge in [0.15, 0.2) is 5.82 Å². The number of ether oxygens (including phenoxy) is 1. The highest BCUT2D eigenvalue weighted by molar-refractivity contribution is 5.81. The average molecular weight is 257 g/mol. The molecule has 0 aliphatic heterocycles. The van der Waals surface area contributed by atoms with E-state index in [1.807, 2.05) is 12.3 Å². The van der Waals surface area contributed by atoms with Gasteiger partial charge in [-0.25, -0.2) is 0 Å². The van der Waals surface area contributed by atoms with E-state index in [-0.39, 0.29) is 0 Å². The standard InChI is InChI=1S/C14H15N3O2/c1-2-7-18-12-3-4-13-11(8-12)5-6-17(13)9-14-15-10-19-16-14/h3-6,8,10H,2,7,9H2,1H3. The van der Waals surface area contributed by atoms with Crippen molar-refractivity contribution in [1.82, 2.24) is 14.7 Å². The van der Waals surface area contributed by atoms with Gasteiger partial charge in [0.1, 0.15) is 5.75 Å². The summed E-state index contributed by atoms with van der Waals surface area (Å²) < 4.78 is 12.5. The third-order valence-corrected chi connectivity index (χ3v) is 2.93. The molecule has 0 saturated heterocycles. The van der Waals surface area contributed by atoms with Gasteiger partial charge in [0, 0.05) is 17.1 Å². The molecule has 0 unspecified atom stereocenters. The summed E-state index contributed by atoms with van der Waals surface area (Å²) in [5.74, 6) is 1.58. The van der Waals surface area contributed by atoms with E-state index in [1.54, 1.807) is 0 Å². The van der Waals surface area contributed by atoms with E-state index in [1.165, 1.54) is 6.39 Å². The predicted molar refractivity (Wildman–Crippen MR) is 71.1 cm³/mol. The first-order valence-corrected chi connectivity index (χ1v) is 6.34. The first kappa shape index (κ1) is 11.8. The fourth-order valence-electron chi connectivity index (χ4n) is 2.04. The zero-order valence-corrected chi connectivity index (χ0v) is 10.7. The van der Waals surface area contributed by atoms with Crippen molar-refractivity contribution in [2.24, 2.45) is 0 Å². The van der Waals surface area contributed by atoms with E-state index in [0.29, 0.717) is 12.4 Å². The van der Waals surface area contributed by atoms with Crippen molar-refractivity contribution in [1.29, 1.82) is 0 Å². The van der Waals surface area contributed by atoms with Gasteiger partial charge in [-0.1, -0.05) is 12.1 Å². The minimum atomic E-state index is 0.606. The first-order valence-electron chi connectivity index (χ1n) is 6.34. The minimum absolute atomic E-state index is 0.606. The highest BCUT2D eigenvalue weighted by Gasteiger charge is 2.05. The third kappa shape index (κ3) is 2.45. The number of hydrogen-bond donors (Lipinski definition) is 0. The Morgan fingerprint density at radius 3 is 3.05 bits per heavy atom. The molecule has 0 atom stereocenters. The van der Waals surface area contributed by atoms with Crippen LogP contribution in [0.2, 0.25) is 0 Å². The Morgan fingerprint density at radius 1 is 1.32 bits per heavy atom. The molecule has 3 rings (SSSR count). The molecule has 0 bridgehead atoms. The Morgan fingerprint density at radius 2 is 2.26 bits per heavy atom. The largest absolute Gasteiger partial charge is 0.494 e. The quantitative estimate of drug-likeness (QED) is 0.705. The summed E-state index contributed by atoms with van der Waals surface area (Å²) in [4.78, 5) is 4.03. The molecule has 0 N–H and O–H groups in total. The van der Waals surface area contributed by atoms with Gasteiger partial charge in [-0.2, -0.15) is 4.98 Å². The van der Waals surface area contributed by atoms with Crippen LogP contribution in [0, 0.1) is 0 Å². The van der Waals surface area contributed by atoms with E-state index in [2.05, 4.69) is 39.8 Å². The maximum atomic E-state index is 5.63. The summed E-state index contributed by atoms with van der Waals surface area (Å²) >= 11 is 0. The molecule has 0 amide bonds. The van der Waals surface area contributed by atoms with Gasteiger partial charge >= 0.3 is 0 Å². The van der Waals surface area contributed by atoms with Crippen molar-refractivity contribution in [3.63, 3.8) is 0 Å². The van der Waals surface area contributed by atoms with E-state index >= 15 is 0 Å². The van der Waals surface area contributed by atoms with E-state index in [4.69, 9.17) is 9.26 Å². The fourth-order valence-corrected chi connectivity index (χ4v) is 2.04. The second-order valence-electron chi connectivity index (χ2n) is 4.36. The van der Waals surface area contributed by atoms with Crippen molar-refractivity contribution >= 4 is 10.9 Å². The molecule has 0 radical (unpaired) electrons. The Balaban J connectivity index is 1.87. The fraction of sp³-hybridized carbons (Fsp3) is 0.286. The number of fused-ring (bicyclic) bond motifs is 1. The summed E-state index contributed by atoms with van der Waals surface area (Å²) in [6.07, 6.45) is 4.37. The molecule has 2 aromatic heterocycles. The second kappa shape index (κ2) is 5.14. The lowest BCUT2D eigenvalue weighted by atomic mass is 10.2. The Hall–Kier alpha value is -2.30. The van der Waals surface area contributed by atoms with Crippen LogP contribution < -0.4 is 4.74 Å². The second-order valence-corrected chi connectivity index (χ2v) is 4.36. The van der Waals surface area contributed by atoms with Crippen molar-refractivity contribution in [2.45, 2.75) is 19.9 Å². The number of aromatic nitrogens is 3. The highest BCUT2D eigenvalue weighted by atomic mass is 16.5. The molecular weight excluding hydrogens is 242 g/mol. The van der Waals surface area contributed by atoms with Crippen LogP contribution >= 0.6 is 0 Å². The number of benzene rings is 1. The van der Waals surface area contributed by atoms with Crippen LogP contribution in [0.25, 0.3) is 10.9 Å². The smallest absolute Gasteiger partial charge is 0.213 e. The van der Waals surface area contributed by atoms with E-state index in [9.17, 15) is 0 Å². The molecule has 2 heterocycles. The maximum Gasteiger partial charge on any atom is 0.213 e. The zero-order chi connectivity index (χ0) is 13.1. The summed E-state index contributed by atoms with van der Waals surface area (Å²) in [6, 6.07) is 8.16. The van der Waals surface area contributed by atoms with Crippen LogP contribution in [-0.2, 0) is 6.54 Å². The molecule has 5 nitrogen and oxygen atoms in total. The van der Waals surface area contributed by atoms with Gasteiger partial charge in [0.05, 0.1) is 13.2 Å². The van der Waals surface area contributed by atoms with Crippen LogP contribution in [0.5, 0.6) is 5.75 Å². The Bertz CT molecular complexity index is 658.